The van der Waals surface area contributed by atoms with E-state index in [1.807, 2.05) is 0 Å². The molecule has 0 spiro atoms. The summed E-state index contributed by atoms with van der Waals surface area (Å²) in [5.74, 6) is 0. The SMILES string of the molecule is Cc1nc(CNCCCI)sc1C. The van der Waals surface area contributed by atoms with Crippen LogP contribution in [-0.4, -0.2) is 16.0 Å². The Kier molecular flexibility index (Phi) is 5.20. The van der Waals surface area contributed by atoms with Crippen molar-refractivity contribution in [1.82, 2.24) is 10.3 Å². The first-order valence-corrected chi connectivity index (χ1v) is 6.78. The Hall–Kier alpha value is 0.320. The van der Waals surface area contributed by atoms with Gasteiger partial charge in [0.1, 0.15) is 5.01 Å². The summed E-state index contributed by atoms with van der Waals surface area (Å²) in [7, 11) is 0. The Morgan fingerprint density at radius 2 is 2.23 bits per heavy atom. The van der Waals surface area contributed by atoms with Crippen molar-refractivity contribution in [3.63, 3.8) is 0 Å². The number of aromatic nitrogens is 1. The number of nitrogens with one attached hydrogen (secondary N) is 1. The minimum absolute atomic E-state index is 0.927. The molecule has 0 aliphatic carbocycles. The molecule has 1 rings (SSSR count). The molecule has 13 heavy (non-hydrogen) atoms. The molecule has 74 valence electrons. The summed E-state index contributed by atoms with van der Waals surface area (Å²) in [6, 6.07) is 0. The molecule has 0 amide bonds. The molecule has 0 saturated heterocycles. The van der Waals surface area contributed by atoms with E-state index < -0.39 is 0 Å². The summed E-state index contributed by atoms with van der Waals surface area (Å²) in [6.07, 6.45) is 1.24. The van der Waals surface area contributed by atoms with E-state index in [4.69, 9.17) is 0 Å². The number of nitrogens with zero attached hydrogens (tertiary/aromatic N) is 1. The topological polar surface area (TPSA) is 24.9 Å². The molecule has 0 saturated carbocycles. The van der Waals surface area contributed by atoms with Crippen molar-refractivity contribution in [2.45, 2.75) is 26.8 Å². The fourth-order valence-corrected chi connectivity index (χ4v) is 2.29. The van der Waals surface area contributed by atoms with Gasteiger partial charge in [0.05, 0.1) is 5.69 Å². The third kappa shape index (κ3) is 3.91. The lowest BCUT2D eigenvalue weighted by atomic mass is 10.4. The van der Waals surface area contributed by atoms with Crippen LogP contribution < -0.4 is 5.32 Å². The van der Waals surface area contributed by atoms with Crippen LogP contribution in [0.15, 0.2) is 0 Å². The third-order valence-electron chi connectivity index (χ3n) is 1.84. The van der Waals surface area contributed by atoms with E-state index in [-0.39, 0.29) is 0 Å². The van der Waals surface area contributed by atoms with Gasteiger partial charge in [0.15, 0.2) is 0 Å². The maximum Gasteiger partial charge on any atom is 0.107 e. The summed E-state index contributed by atoms with van der Waals surface area (Å²) in [6.45, 7) is 6.22. The van der Waals surface area contributed by atoms with Crippen molar-refractivity contribution in [3.05, 3.63) is 15.6 Å². The lowest BCUT2D eigenvalue weighted by molar-refractivity contribution is 0.678. The van der Waals surface area contributed by atoms with Gasteiger partial charge in [0.25, 0.3) is 0 Å². The predicted molar refractivity (Wildman–Crippen MR) is 66.8 cm³/mol. The zero-order chi connectivity index (χ0) is 9.68. The number of hydrogen-bond acceptors (Lipinski definition) is 3. The number of halogens is 1. The van der Waals surface area contributed by atoms with E-state index in [9.17, 15) is 0 Å². The summed E-state index contributed by atoms with van der Waals surface area (Å²) < 4.78 is 1.22. The van der Waals surface area contributed by atoms with Gasteiger partial charge < -0.3 is 5.32 Å². The van der Waals surface area contributed by atoms with E-state index in [0.29, 0.717) is 0 Å². The van der Waals surface area contributed by atoms with Crippen molar-refractivity contribution in [2.24, 2.45) is 0 Å². The van der Waals surface area contributed by atoms with Crippen LogP contribution in [0.5, 0.6) is 0 Å². The van der Waals surface area contributed by atoms with Crippen molar-refractivity contribution >= 4 is 33.9 Å². The van der Waals surface area contributed by atoms with Crippen molar-refractivity contribution in [3.8, 4) is 0 Å². The van der Waals surface area contributed by atoms with Gasteiger partial charge in [-0.2, -0.15) is 0 Å². The Bertz CT molecular complexity index is 241. The van der Waals surface area contributed by atoms with Gasteiger partial charge in [0, 0.05) is 15.8 Å². The minimum Gasteiger partial charge on any atom is -0.310 e. The van der Waals surface area contributed by atoms with E-state index in [0.717, 1.165) is 13.1 Å². The highest BCUT2D eigenvalue weighted by Gasteiger charge is 2.01. The molecule has 0 atom stereocenters. The predicted octanol–water partition coefficient (Wildman–Crippen LogP) is 2.67. The highest BCUT2D eigenvalue weighted by Crippen LogP contribution is 2.15. The van der Waals surface area contributed by atoms with Gasteiger partial charge in [-0.05, 0) is 26.8 Å². The molecule has 2 nitrogen and oxygen atoms in total. The molecule has 4 heteroatoms. The van der Waals surface area contributed by atoms with E-state index in [1.54, 1.807) is 11.3 Å². The maximum absolute atomic E-state index is 4.46. The van der Waals surface area contributed by atoms with Gasteiger partial charge in [-0.1, -0.05) is 22.6 Å². The third-order valence-corrected chi connectivity index (χ3v) is 3.67. The Labute approximate surface area is 97.3 Å². The maximum atomic E-state index is 4.46. The highest BCUT2D eigenvalue weighted by atomic mass is 127. The van der Waals surface area contributed by atoms with Crippen molar-refractivity contribution < 1.29 is 0 Å². The highest BCUT2D eigenvalue weighted by molar-refractivity contribution is 14.1. The van der Waals surface area contributed by atoms with Crippen molar-refractivity contribution in [2.75, 3.05) is 11.0 Å². The molecular weight excluding hydrogens is 295 g/mol. The van der Waals surface area contributed by atoms with Gasteiger partial charge in [-0.15, -0.1) is 11.3 Å². The molecule has 0 bridgehead atoms. The van der Waals surface area contributed by atoms with Gasteiger partial charge >= 0.3 is 0 Å². The number of hydrogen-bond donors (Lipinski definition) is 1. The van der Waals surface area contributed by atoms with E-state index >= 15 is 0 Å². The fourth-order valence-electron chi connectivity index (χ4n) is 1.00. The van der Waals surface area contributed by atoms with Gasteiger partial charge in [-0.3, -0.25) is 0 Å². The minimum atomic E-state index is 0.927. The normalized spacial score (nSPS) is 10.7. The lowest BCUT2D eigenvalue weighted by Crippen LogP contribution is -2.14. The summed E-state index contributed by atoms with van der Waals surface area (Å²) in [4.78, 5) is 5.80. The molecule has 0 aromatic carbocycles. The molecule has 1 aromatic rings. The van der Waals surface area contributed by atoms with Crippen LogP contribution in [0.2, 0.25) is 0 Å². The van der Waals surface area contributed by atoms with Gasteiger partial charge in [0.2, 0.25) is 0 Å². The molecule has 1 aromatic heterocycles. The lowest BCUT2D eigenvalue weighted by Gasteiger charge is -1.98. The Morgan fingerprint density at radius 3 is 2.77 bits per heavy atom. The largest absolute Gasteiger partial charge is 0.310 e. The second-order valence-corrected chi connectivity index (χ2v) is 5.34. The Morgan fingerprint density at radius 1 is 1.46 bits per heavy atom. The molecule has 0 aliphatic rings. The number of rotatable bonds is 5. The smallest absolute Gasteiger partial charge is 0.107 e. The zero-order valence-corrected chi connectivity index (χ0v) is 11.0. The molecular formula is C9H15IN2S. The van der Waals surface area contributed by atoms with Crippen LogP contribution in [-0.2, 0) is 6.54 Å². The zero-order valence-electron chi connectivity index (χ0n) is 8.06. The van der Waals surface area contributed by atoms with Crippen LogP contribution in [0.3, 0.4) is 0 Å². The number of thiazole rings is 1. The number of aryl methyl sites for hydroxylation is 2. The quantitative estimate of drug-likeness (QED) is 0.514. The van der Waals surface area contributed by atoms with Crippen LogP contribution in [0.4, 0.5) is 0 Å². The monoisotopic (exact) mass is 310 g/mol. The molecule has 0 radical (unpaired) electrons. The first-order valence-electron chi connectivity index (χ1n) is 4.43. The van der Waals surface area contributed by atoms with Crippen molar-refractivity contribution in [1.29, 1.82) is 0 Å². The summed E-state index contributed by atoms with van der Waals surface area (Å²) >= 11 is 4.20. The summed E-state index contributed by atoms with van der Waals surface area (Å²) in [5.41, 5.74) is 1.18. The molecule has 0 fully saturated rings. The fraction of sp³-hybridized carbons (Fsp3) is 0.667. The molecule has 0 aliphatic heterocycles. The molecule has 1 N–H and O–H groups in total. The first kappa shape index (κ1) is 11.4. The van der Waals surface area contributed by atoms with Crippen LogP contribution in [0.25, 0.3) is 0 Å². The second kappa shape index (κ2) is 5.93. The first-order chi connectivity index (χ1) is 6.24. The average molecular weight is 310 g/mol. The molecule has 1 heterocycles. The standard InChI is InChI=1S/C9H15IN2S/c1-7-8(2)13-9(12-7)6-11-5-3-4-10/h11H,3-6H2,1-2H3. The Balaban J connectivity index is 2.29. The van der Waals surface area contributed by atoms with E-state index in [1.165, 1.54) is 26.4 Å². The van der Waals surface area contributed by atoms with Gasteiger partial charge in [-0.25, -0.2) is 4.98 Å². The number of alkyl halides is 1. The van der Waals surface area contributed by atoms with Crippen LogP contribution in [0.1, 0.15) is 22.0 Å². The van der Waals surface area contributed by atoms with E-state index in [2.05, 4.69) is 46.7 Å². The average Bonchev–Trinajstić information content (AvgIpc) is 2.41. The van der Waals surface area contributed by atoms with Crippen LogP contribution >= 0.6 is 33.9 Å². The van der Waals surface area contributed by atoms with Crippen LogP contribution in [0, 0.1) is 13.8 Å². The molecule has 0 unspecified atom stereocenters. The second-order valence-electron chi connectivity index (χ2n) is 2.97. The summed E-state index contributed by atoms with van der Waals surface area (Å²) in [5, 5.41) is 4.60.